The van der Waals surface area contributed by atoms with Crippen molar-refractivity contribution in [1.29, 1.82) is 0 Å². The van der Waals surface area contributed by atoms with E-state index in [-0.39, 0.29) is 11.9 Å². The third kappa shape index (κ3) is 5.70. The zero-order valence-electron chi connectivity index (χ0n) is 19.4. The molecule has 2 amide bonds. The maximum absolute atomic E-state index is 12.5. The van der Waals surface area contributed by atoms with Crippen molar-refractivity contribution in [3.05, 3.63) is 23.8 Å². The van der Waals surface area contributed by atoms with E-state index in [4.69, 9.17) is 9.47 Å². The Kier molecular flexibility index (Phi) is 8.18. The lowest BCUT2D eigenvalue weighted by molar-refractivity contribution is -0.152. The number of carbonyl (C=O) groups is 2. The molecule has 1 aromatic carbocycles. The minimum atomic E-state index is -0.452. The number of piperazine rings is 1. The molecule has 2 heterocycles. The fourth-order valence-corrected chi connectivity index (χ4v) is 4.66. The van der Waals surface area contributed by atoms with E-state index < -0.39 is 5.91 Å². The van der Waals surface area contributed by atoms with Crippen LogP contribution >= 0.6 is 0 Å². The molecule has 2 saturated heterocycles. The molecule has 0 bridgehead atoms. The van der Waals surface area contributed by atoms with Crippen LogP contribution in [0.15, 0.2) is 18.2 Å². The first-order valence-corrected chi connectivity index (χ1v) is 11.5. The van der Waals surface area contributed by atoms with Gasteiger partial charge in [-0.2, -0.15) is 0 Å². The fourth-order valence-electron chi connectivity index (χ4n) is 4.66. The number of nitrogens with zero attached hydrogens (tertiary/aromatic N) is 2. The Labute approximate surface area is 186 Å². The molecular formula is C24H37N3O4. The van der Waals surface area contributed by atoms with Crippen molar-refractivity contribution >= 4 is 11.8 Å². The molecule has 0 saturated carbocycles. The van der Waals surface area contributed by atoms with Gasteiger partial charge in [-0.1, -0.05) is 26.3 Å². The van der Waals surface area contributed by atoms with Gasteiger partial charge in [0.25, 0.3) is 0 Å². The van der Waals surface area contributed by atoms with E-state index in [1.54, 1.807) is 14.2 Å². The average Bonchev–Trinajstić information content (AvgIpc) is 2.80. The van der Waals surface area contributed by atoms with Crippen molar-refractivity contribution in [1.82, 2.24) is 15.1 Å². The average molecular weight is 432 g/mol. The van der Waals surface area contributed by atoms with Crippen LogP contribution in [-0.4, -0.2) is 74.6 Å². The van der Waals surface area contributed by atoms with Crippen molar-refractivity contribution < 1.29 is 19.1 Å². The van der Waals surface area contributed by atoms with Gasteiger partial charge in [-0.25, -0.2) is 0 Å². The quantitative estimate of drug-likeness (QED) is 0.608. The summed E-state index contributed by atoms with van der Waals surface area (Å²) in [4.78, 5) is 28.8. The Balaban J connectivity index is 1.50. The highest BCUT2D eigenvalue weighted by molar-refractivity contribution is 6.35. The first-order valence-electron chi connectivity index (χ1n) is 11.5. The summed E-state index contributed by atoms with van der Waals surface area (Å²) in [6.45, 7) is 8.64. The summed E-state index contributed by atoms with van der Waals surface area (Å²) in [5.41, 5.74) is 1.24. The van der Waals surface area contributed by atoms with Crippen molar-refractivity contribution in [2.24, 2.45) is 11.8 Å². The minimum Gasteiger partial charge on any atom is -0.493 e. The Morgan fingerprint density at radius 1 is 1.13 bits per heavy atom. The lowest BCUT2D eigenvalue weighted by atomic mass is 9.91. The Bertz CT molecular complexity index is 761. The van der Waals surface area contributed by atoms with Crippen LogP contribution in [0.3, 0.4) is 0 Å². The summed E-state index contributed by atoms with van der Waals surface area (Å²) < 4.78 is 10.7. The summed E-state index contributed by atoms with van der Waals surface area (Å²) in [5.74, 6) is 1.55. The summed E-state index contributed by atoms with van der Waals surface area (Å²) in [5, 5.41) is 2.76. The number of likely N-dealkylation sites (tertiary alicyclic amines) is 1. The number of hydrogen-bond acceptors (Lipinski definition) is 5. The molecule has 1 N–H and O–H groups in total. The van der Waals surface area contributed by atoms with Gasteiger partial charge in [0.1, 0.15) is 0 Å². The van der Waals surface area contributed by atoms with Crippen molar-refractivity contribution in [3.8, 4) is 11.5 Å². The third-order valence-corrected chi connectivity index (χ3v) is 6.95. The first-order chi connectivity index (χ1) is 15.0. The molecule has 1 aromatic rings. The topological polar surface area (TPSA) is 71.1 Å². The van der Waals surface area contributed by atoms with Crippen molar-refractivity contribution in [2.75, 3.05) is 46.9 Å². The minimum absolute atomic E-state index is 0.110. The zero-order valence-corrected chi connectivity index (χ0v) is 19.4. The van der Waals surface area contributed by atoms with Crippen LogP contribution in [0.1, 0.15) is 38.7 Å². The third-order valence-electron chi connectivity index (χ3n) is 6.95. The van der Waals surface area contributed by atoms with Crippen LogP contribution in [0.2, 0.25) is 0 Å². The van der Waals surface area contributed by atoms with Gasteiger partial charge in [0.05, 0.1) is 20.3 Å². The second kappa shape index (κ2) is 10.8. The Morgan fingerprint density at radius 3 is 2.48 bits per heavy atom. The van der Waals surface area contributed by atoms with Gasteiger partial charge < -0.3 is 24.6 Å². The van der Waals surface area contributed by atoms with Crippen molar-refractivity contribution in [3.63, 3.8) is 0 Å². The van der Waals surface area contributed by atoms with E-state index >= 15 is 0 Å². The van der Waals surface area contributed by atoms with Crippen LogP contribution in [0.5, 0.6) is 11.5 Å². The van der Waals surface area contributed by atoms with Crippen LogP contribution in [0.4, 0.5) is 0 Å². The van der Waals surface area contributed by atoms with Gasteiger partial charge in [-0.05, 0) is 61.9 Å². The van der Waals surface area contributed by atoms with Gasteiger partial charge in [-0.15, -0.1) is 0 Å². The molecule has 2 aliphatic heterocycles. The normalized spacial score (nSPS) is 21.7. The van der Waals surface area contributed by atoms with E-state index in [9.17, 15) is 9.59 Å². The molecule has 172 valence electrons. The maximum Gasteiger partial charge on any atom is 0.312 e. The zero-order chi connectivity index (χ0) is 22.4. The standard InChI is InChI=1S/C24H37N3O4/c1-5-17(2)20-15-25-23(28)24(29)27(20)16-19-9-12-26(13-10-19)11-8-18-6-7-21(30-3)22(14-18)31-4/h6-7,14,17,19-20H,5,8-13,15-16H2,1-4H3,(H,25,28)/t17-,20+/m0/s1. The number of carbonyl (C=O) groups excluding carboxylic acids is 2. The van der Waals surface area contributed by atoms with Gasteiger partial charge in [0, 0.05) is 19.6 Å². The van der Waals surface area contributed by atoms with E-state index in [1.807, 2.05) is 17.0 Å². The monoisotopic (exact) mass is 431 g/mol. The van der Waals surface area contributed by atoms with Crippen LogP contribution < -0.4 is 14.8 Å². The number of nitrogens with one attached hydrogen (secondary N) is 1. The van der Waals surface area contributed by atoms with E-state index in [2.05, 4.69) is 30.1 Å². The predicted octanol–water partition coefficient (Wildman–Crippen LogP) is 2.33. The fraction of sp³-hybridized carbons (Fsp3) is 0.667. The van der Waals surface area contributed by atoms with Crippen molar-refractivity contribution in [2.45, 2.75) is 45.6 Å². The van der Waals surface area contributed by atoms with E-state index in [0.717, 1.165) is 56.8 Å². The molecule has 2 fully saturated rings. The van der Waals surface area contributed by atoms with Crippen LogP contribution in [-0.2, 0) is 16.0 Å². The number of hydrogen-bond donors (Lipinski definition) is 1. The lowest BCUT2D eigenvalue weighted by Crippen LogP contribution is -2.61. The number of rotatable bonds is 9. The molecule has 0 spiro atoms. The Morgan fingerprint density at radius 2 is 1.84 bits per heavy atom. The summed E-state index contributed by atoms with van der Waals surface area (Å²) in [6.07, 6.45) is 4.08. The smallest absolute Gasteiger partial charge is 0.312 e. The molecule has 0 aromatic heterocycles. The summed E-state index contributed by atoms with van der Waals surface area (Å²) in [7, 11) is 3.31. The second-order valence-electron chi connectivity index (χ2n) is 8.84. The number of benzene rings is 1. The molecule has 7 heteroatoms. The molecule has 3 rings (SSSR count). The highest BCUT2D eigenvalue weighted by Gasteiger charge is 2.37. The second-order valence-corrected chi connectivity index (χ2v) is 8.84. The SMILES string of the molecule is CC[C@H](C)[C@H]1CNC(=O)C(=O)N1CC1CCN(CCc2ccc(OC)c(OC)c2)CC1. The summed E-state index contributed by atoms with van der Waals surface area (Å²) >= 11 is 0. The highest BCUT2D eigenvalue weighted by atomic mass is 16.5. The van der Waals surface area contributed by atoms with Gasteiger partial charge in [0.2, 0.25) is 0 Å². The van der Waals surface area contributed by atoms with Gasteiger partial charge in [0.15, 0.2) is 11.5 Å². The predicted molar refractivity (Wildman–Crippen MR) is 120 cm³/mol. The molecule has 0 aliphatic carbocycles. The highest BCUT2D eigenvalue weighted by Crippen LogP contribution is 2.28. The Hall–Kier alpha value is -2.28. The molecule has 2 aliphatic rings. The molecule has 31 heavy (non-hydrogen) atoms. The van der Waals surface area contributed by atoms with Gasteiger partial charge in [-0.3, -0.25) is 9.59 Å². The van der Waals surface area contributed by atoms with Gasteiger partial charge >= 0.3 is 11.8 Å². The van der Waals surface area contributed by atoms with E-state index in [1.165, 1.54) is 5.56 Å². The number of methoxy groups -OCH3 is 2. The first kappa shape index (κ1) is 23.4. The lowest BCUT2D eigenvalue weighted by Gasteiger charge is -2.42. The molecule has 2 atom stereocenters. The number of piperidine rings is 1. The number of ether oxygens (including phenoxy) is 2. The summed E-state index contributed by atoms with van der Waals surface area (Å²) in [6, 6.07) is 6.21. The molecule has 7 nitrogen and oxygen atoms in total. The largest absolute Gasteiger partial charge is 0.493 e. The molecule has 0 radical (unpaired) electrons. The molecular weight excluding hydrogens is 394 g/mol. The molecule has 0 unspecified atom stereocenters. The maximum atomic E-state index is 12.5. The van der Waals surface area contributed by atoms with Crippen LogP contribution in [0.25, 0.3) is 0 Å². The number of amides is 2. The van der Waals surface area contributed by atoms with Crippen LogP contribution in [0, 0.1) is 11.8 Å². The van der Waals surface area contributed by atoms with E-state index in [0.29, 0.717) is 24.9 Å².